The maximum atomic E-state index is 6.39. The molecule has 0 bridgehead atoms. The SMILES string of the molecule is CC(C)(C)c1ccc(-n2c3[c-]c(Oc4[c-]c(N5C=CN(c6cccc(-c7ccccc7)c6)[CH-]5)ccc4)ccc3c3ccccc32)nc1.[Pt]. The molecule has 0 fully saturated rings. The van der Waals surface area contributed by atoms with E-state index in [1.807, 2.05) is 60.5 Å². The number of ether oxygens (including phenoxy) is 1. The van der Waals surface area contributed by atoms with Crippen LogP contribution in [0.2, 0.25) is 0 Å². The van der Waals surface area contributed by atoms with E-state index in [9.17, 15) is 0 Å². The van der Waals surface area contributed by atoms with Crippen LogP contribution in [0.25, 0.3) is 38.8 Å². The fourth-order valence-corrected chi connectivity index (χ4v) is 6.03. The van der Waals surface area contributed by atoms with Gasteiger partial charge >= 0.3 is 0 Å². The van der Waals surface area contributed by atoms with Crippen LogP contribution < -0.4 is 14.5 Å². The Bertz CT molecular complexity index is 2250. The summed E-state index contributed by atoms with van der Waals surface area (Å²) >= 11 is 0. The summed E-state index contributed by atoms with van der Waals surface area (Å²) in [5.41, 5.74) is 7.54. The number of nitrogens with zero attached hydrogens (tertiary/aromatic N) is 4. The van der Waals surface area contributed by atoms with Crippen LogP contribution in [0.1, 0.15) is 26.3 Å². The minimum atomic E-state index is 0. The Labute approximate surface area is 296 Å². The quantitative estimate of drug-likeness (QED) is 0.157. The molecule has 2 aromatic heterocycles. The van der Waals surface area contributed by atoms with E-state index in [1.165, 1.54) is 16.7 Å². The number of hydrogen-bond acceptors (Lipinski definition) is 4. The van der Waals surface area contributed by atoms with E-state index in [0.29, 0.717) is 11.5 Å². The first kappa shape index (κ1) is 31.5. The van der Waals surface area contributed by atoms with Gasteiger partial charge in [-0.25, -0.2) is 4.98 Å². The van der Waals surface area contributed by atoms with Gasteiger partial charge in [-0.15, -0.1) is 48.1 Å². The predicted molar refractivity (Wildman–Crippen MR) is 192 cm³/mol. The van der Waals surface area contributed by atoms with Gasteiger partial charge in [-0.1, -0.05) is 93.0 Å². The largest absolute Gasteiger partial charge is 0.509 e. The van der Waals surface area contributed by atoms with Crippen molar-refractivity contribution in [1.82, 2.24) is 9.55 Å². The van der Waals surface area contributed by atoms with Crippen molar-refractivity contribution in [3.05, 3.63) is 164 Å². The van der Waals surface area contributed by atoms with Crippen molar-refractivity contribution < 1.29 is 25.8 Å². The summed E-state index contributed by atoms with van der Waals surface area (Å²) in [6, 6.07) is 48.6. The molecule has 0 saturated carbocycles. The van der Waals surface area contributed by atoms with Gasteiger partial charge in [0.25, 0.3) is 0 Å². The maximum Gasteiger partial charge on any atom is 0.135 e. The van der Waals surface area contributed by atoms with Gasteiger partial charge in [-0.3, -0.25) is 0 Å². The number of fused-ring (bicyclic) bond motifs is 3. The Morgan fingerprint density at radius 2 is 1.42 bits per heavy atom. The van der Waals surface area contributed by atoms with Crippen molar-refractivity contribution in [1.29, 1.82) is 0 Å². The fourth-order valence-electron chi connectivity index (χ4n) is 6.03. The molecular weight excluding hydrogens is 772 g/mol. The normalized spacial score (nSPS) is 12.9. The third-order valence-electron chi connectivity index (χ3n) is 8.54. The molecule has 3 heterocycles. The smallest absolute Gasteiger partial charge is 0.135 e. The van der Waals surface area contributed by atoms with Gasteiger partial charge in [0.1, 0.15) is 5.82 Å². The molecule has 240 valence electrons. The number of benzene rings is 5. The molecule has 0 amide bonds. The van der Waals surface area contributed by atoms with Gasteiger partial charge in [-0.05, 0) is 64.2 Å². The monoisotopic (exact) mass is 804 g/mol. The molecule has 1 aliphatic heterocycles. The number of para-hydroxylation sites is 1. The molecule has 1 aliphatic rings. The Kier molecular flexibility index (Phi) is 8.41. The van der Waals surface area contributed by atoms with Crippen LogP contribution in [0.4, 0.5) is 11.4 Å². The van der Waals surface area contributed by atoms with Gasteiger partial charge in [0.15, 0.2) is 0 Å². The third-order valence-corrected chi connectivity index (χ3v) is 8.54. The fraction of sp³-hybridized carbons (Fsp3) is 0.0952. The molecular formula is C42H33N4OPt-3. The van der Waals surface area contributed by atoms with Crippen molar-refractivity contribution in [2.45, 2.75) is 26.2 Å². The first-order chi connectivity index (χ1) is 22.9. The Morgan fingerprint density at radius 3 is 2.23 bits per heavy atom. The molecule has 0 unspecified atom stereocenters. The average Bonchev–Trinajstić information content (AvgIpc) is 3.72. The molecule has 5 nitrogen and oxygen atoms in total. The molecule has 7 aromatic rings. The summed E-state index contributed by atoms with van der Waals surface area (Å²) in [6.45, 7) is 8.65. The zero-order chi connectivity index (χ0) is 32.0. The van der Waals surface area contributed by atoms with Crippen LogP contribution in [0.5, 0.6) is 11.5 Å². The molecule has 48 heavy (non-hydrogen) atoms. The van der Waals surface area contributed by atoms with Crippen LogP contribution in [0.3, 0.4) is 0 Å². The van der Waals surface area contributed by atoms with E-state index >= 15 is 0 Å². The van der Waals surface area contributed by atoms with Crippen molar-refractivity contribution in [2.75, 3.05) is 9.80 Å². The van der Waals surface area contributed by atoms with Crippen molar-refractivity contribution in [3.63, 3.8) is 0 Å². The Balaban J connectivity index is 0.00000364. The number of aromatic nitrogens is 2. The van der Waals surface area contributed by atoms with Crippen LogP contribution in [-0.2, 0) is 26.5 Å². The number of rotatable bonds is 6. The zero-order valence-corrected chi connectivity index (χ0v) is 29.1. The van der Waals surface area contributed by atoms with Crippen molar-refractivity contribution in [2.24, 2.45) is 0 Å². The average molecular weight is 805 g/mol. The van der Waals surface area contributed by atoms with Crippen LogP contribution in [0.15, 0.2) is 140 Å². The number of anilines is 2. The Morgan fingerprint density at radius 1 is 0.667 bits per heavy atom. The molecule has 0 radical (unpaired) electrons. The first-order valence-electron chi connectivity index (χ1n) is 15.8. The predicted octanol–water partition coefficient (Wildman–Crippen LogP) is 10.5. The first-order valence-corrected chi connectivity index (χ1v) is 15.8. The maximum absolute atomic E-state index is 6.39. The second kappa shape index (κ2) is 12.8. The molecule has 6 heteroatoms. The van der Waals surface area contributed by atoms with Crippen LogP contribution in [-0.4, -0.2) is 9.55 Å². The van der Waals surface area contributed by atoms with Crippen LogP contribution >= 0.6 is 0 Å². The summed E-state index contributed by atoms with van der Waals surface area (Å²) in [4.78, 5) is 9.03. The standard InChI is InChI=1S/C42H33N4O.Pt/c1-42(2,3)32-19-22-41(43-28-32)46-39-18-8-7-17-37(39)38-21-20-36(27-40(38)46)47-35-16-10-15-34(26-35)45-24-23-44(29-45)33-14-9-13-31(25-33)30-11-5-4-6-12-30;/h4-25,28-29H,1-3H3;/q-3;. The topological polar surface area (TPSA) is 33.5 Å². The molecule has 8 rings (SSSR count). The summed E-state index contributed by atoms with van der Waals surface area (Å²) in [6.07, 6.45) is 6.05. The van der Waals surface area contributed by atoms with E-state index in [4.69, 9.17) is 9.72 Å². The molecule has 5 aromatic carbocycles. The molecule has 0 saturated heterocycles. The van der Waals surface area contributed by atoms with E-state index in [-0.39, 0.29) is 26.5 Å². The second-order valence-corrected chi connectivity index (χ2v) is 12.7. The van der Waals surface area contributed by atoms with E-state index in [1.54, 1.807) is 0 Å². The van der Waals surface area contributed by atoms with E-state index < -0.39 is 0 Å². The zero-order valence-electron chi connectivity index (χ0n) is 26.9. The second-order valence-electron chi connectivity index (χ2n) is 12.7. The third kappa shape index (κ3) is 6.02. The minimum Gasteiger partial charge on any atom is -0.509 e. The summed E-state index contributed by atoms with van der Waals surface area (Å²) in [7, 11) is 0. The van der Waals surface area contributed by atoms with Gasteiger partial charge < -0.3 is 19.1 Å². The van der Waals surface area contributed by atoms with Crippen molar-refractivity contribution >= 4 is 33.2 Å². The van der Waals surface area contributed by atoms with Crippen LogP contribution in [0, 0.1) is 18.8 Å². The van der Waals surface area contributed by atoms with E-state index in [2.05, 4.69) is 133 Å². The molecule has 0 atom stereocenters. The molecule has 0 spiro atoms. The minimum absolute atomic E-state index is 0. The Hall–Kier alpha value is -5.12. The number of pyridine rings is 1. The summed E-state index contributed by atoms with van der Waals surface area (Å²) in [5, 5.41) is 2.25. The number of hydrogen-bond donors (Lipinski definition) is 0. The molecule has 0 N–H and O–H groups in total. The molecule has 0 aliphatic carbocycles. The van der Waals surface area contributed by atoms with Gasteiger partial charge in [0, 0.05) is 50.0 Å². The summed E-state index contributed by atoms with van der Waals surface area (Å²) < 4.78 is 8.55. The van der Waals surface area contributed by atoms with E-state index in [0.717, 1.165) is 39.0 Å². The van der Waals surface area contributed by atoms with Gasteiger partial charge in [-0.2, -0.15) is 12.1 Å². The van der Waals surface area contributed by atoms with Crippen molar-refractivity contribution in [3.8, 4) is 28.4 Å². The van der Waals surface area contributed by atoms with Gasteiger partial charge in [0.05, 0.1) is 0 Å². The van der Waals surface area contributed by atoms with Gasteiger partial charge in [0.2, 0.25) is 0 Å². The summed E-state index contributed by atoms with van der Waals surface area (Å²) in [5.74, 6) is 2.07.